The van der Waals surface area contributed by atoms with Crippen molar-refractivity contribution < 1.29 is 24.5 Å². The van der Waals surface area contributed by atoms with Crippen molar-refractivity contribution >= 4 is 41.0 Å². The van der Waals surface area contributed by atoms with Crippen LogP contribution < -0.4 is 16.0 Å². The molecule has 3 aromatic rings. The number of nitrogen functional groups attached to an aromatic ring is 1. The summed E-state index contributed by atoms with van der Waals surface area (Å²) in [6.07, 6.45) is 0. The number of halogens is 2. The third kappa shape index (κ3) is 3.96. The number of carbonyl (C=O) groups is 2. The monoisotopic (exact) mass is 448 g/mol. The smallest absolute Gasteiger partial charge is 0.342 e. The largest absolute Gasteiger partial charge is 0.488 e. The van der Waals surface area contributed by atoms with Gasteiger partial charge in [-0.15, -0.1) is 0 Å². The molecule has 0 saturated carbocycles. The van der Waals surface area contributed by atoms with Gasteiger partial charge >= 0.3 is 11.9 Å². The summed E-state index contributed by atoms with van der Waals surface area (Å²) in [5.74, 6) is -3.48. The number of nitrogens with one attached hydrogen (secondary N) is 1. The second-order valence-electron chi connectivity index (χ2n) is 6.09. The van der Waals surface area contributed by atoms with Crippen LogP contribution in [0.1, 0.15) is 26.3 Å². The molecule has 1 heterocycles. The predicted octanol–water partition coefficient (Wildman–Crippen LogP) is 3.91. The quantitative estimate of drug-likeness (QED) is 0.447. The molecule has 3 rings (SSSR count). The van der Waals surface area contributed by atoms with E-state index in [2.05, 4.69) is 4.98 Å². The number of aromatic nitrogens is 1. The molecule has 2 aromatic carbocycles. The van der Waals surface area contributed by atoms with Crippen LogP contribution in [0.15, 0.2) is 47.3 Å². The third-order valence-corrected chi connectivity index (χ3v) is 4.97. The van der Waals surface area contributed by atoms with Crippen LogP contribution in [0.25, 0.3) is 11.1 Å². The minimum absolute atomic E-state index is 0.0632. The van der Waals surface area contributed by atoms with Gasteiger partial charge in [-0.25, -0.2) is 9.59 Å². The molecule has 10 heteroatoms. The van der Waals surface area contributed by atoms with Crippen LogP contribution in [0.4, 0.5) is 5.82 Å². The Morgan fingerprint density at radius 2 is 1.57 bits per heavy atom. The molecular formula is C20H14Cl2N2O6. The van der Waals surface area contributed by atoms with Crippen molar-refractivity contribution in [2.45, 2.75) is 6.61 Å². The highest BCUT2D eigenvalue weighted by molar-refractivity contribution is 6.35. The highest BCUT2D eigenvalue weighted by atomic mass is 35.5. The number of H-pyrrole nitrogens is 1. The SMILES string of the molecule is Nc1[nH]c(=O)c(C(=O)O)c(-c2ccccc2OCc2c(Cl)cccc2Cl)c1C(=O)O. The van der Waals surface area contributed by atoms with Crippen LogP contribution in [0.2, 0.25) is 10.0 Å². The van der Waals surface area contributed by atoms with Crippen LogP contribution in [-0.2, 0) is 6.61 Å². The van der Waals surface area contributed by atoms with Gasteiger partial charge in [-0.2, -0.15) is 0 Å². The molecule has 0 fully saturated rings. The topological polar surface area (TPSA) is 143 Å². The second-order valence-corrected chi connectivity index (χ2v) is 6.90. The first-order chi connectivity index (χ1) is 14.2. The van der Waals surface area contributed by atoms with Gasteiger partial charge in [0.05, 0.1) is 0 Å². The molecule has 0 aliphatic heterocycles. The molecule has 0 amide bonds. The first-order valence-electron chi connectivity index (χ1n) is 8.39. The maximum absolute atomic E-state index is 12.2. The normalized spacial score (nSPS) is 10.6. The Bertz CT molecular complexity index is 1200. The van der Waals surface area contributed by atoms with Crippen molar-refractivity contribution in [3.8, 4) is 16.9 Å². The van der Waals surface area contributed by atoms with Gasteiger partial charge in [0.2, 0.25) is 0 Å². The fraction of sp³-hybridized carbons (Fsp3) is 0.0500. The van der Waals surface area contributed by atoms with Crippen molar-refractivity contribution in [2.75, 3.05) is 5.73 Å². The summed E-state index contributed by atoms with van der Waals surface area (Å²) in [6.45, 7) is -0.0843. The van der Waals surface area contributed by atoms with Crippen molar-refractivity contribution in [1.29, 1.82) is 0 Å². The Morgan fingerprint density at radius 3 is 2.17 bits per heavy atom. The molecule has 0 saturated heterocycles. The maximum Gasteiger partial charge on any atom is 0.342 e. The van der Waals surface area contributed by atoms with Crippen LogP contribution in [0.3, 0.4) is 0 Å². The van der Waals surface area contributed by atoms with Gasteiger partial charge in [0, 0.05) is 26.7 Å². The molecule has 30 heavy (non-hydrogen) atoms. The van der Waals surface area contributed by atoms with Gasteiger partial charge in [0.25, 0.3) is 5.56 Å². The van der Waals surface area contributed by atoms with E-state index in [0.29, 0.717) is 15.6 Å². The van der Waals surface area contributed by atoms with Gasteiger partial charge in [-0.1, -0.05) is 47.5 Å². The summed E-state index contributed by atoms with van der Waals surface area (Å²) in [4.78, 5) is 37.9. The average Bonchev–Trinajstić information content (AvgIpc) is 2.66. The van der Waals surface area contributed by atoms with Crippen molar-refractivity contribution in [2.24, 2.45) is 0 Å². The maximum atomic E-state index is 12.2. The number of nitrogens with two attached hydrogens (primary N) is 1. The van der Waals surface area contributed by atoms with Gasteiger partial charge in [0.15, 0.2) is 0 Å². The van der Waals surface area contributed by atoms with Gasteiger partial charge in [0.1, 0.15) is 29.3 Å². The minimum atomic E-state index is -1.61. The zero-order valence-corrected chi connectivity index (χ0v) is 16.6. The highest BCUT2D eigenvalue weighted by Gasteiger charge is 2.28. The highest BCUT2D eigenvalue weighted by Crippen LogP contribution is 2.36. The summed E-state index contributed by atoms with van der Waals surface area (Å²) < 4.78 is 5.78. The van der Waals surface area contributed by atoms with Crippen molar-refractivity contribution in [1.82, 2.24) is 4.98 Å². The van der Waals surface area contributed by atoms with E-state index in [1.165, 1.54) is 12.1 Å². The molecule has 0 spiro atoms. The van der Waals surface area contributed by atoms with E-state index in [0.717, 1.165) is 0 Å². The van der Waals surface area contributed by atoms with Gasteiger partial charge in [-0.3, -0.25) is 4.79 Å². The standard InChI is InChI=1S/C20H14Cl2N2O6/c21-11-5-3-6-12(22)10(11)8-30-13-7-2-1-4-9(13)14-15(19(26)27)17(23)24-18(25)16(14)20(28)29/h1-7H,8H2,(H,26,27)(H,28,29)(H3,23,24,25). The Balaban J connectivity index is 2.20. The average molecular weight is 449 g/mol. The van der Waals surface area contributed by atoms with Gasteiger partial charge < -0.3 is 25.7 Å². The van der Waals surface area contributed by atoms with E-state index >= 15 is 0 Å². The molecule has 8 nitrogen and oxygen atoms in total. The summed E-state index contributed by atoms with van der Waals surface area (Å²) in [7, 11) is 0. The fourth-order valence-electron chi connectivity index (χ4n) is 2.94. The molecule has 0 atom stereocenters. The minimum Gasteiger partial charge on any atom is -0.488 e. The van der Waals surface area contributed by atoms with Crippen molar-refractivity contribution in [3.63, 3.8) is 0 Å². The number of aromatic amines is 1. The molecule has 154 valence electrons. The number of anilines is 1. The molecule has 0 bridgehead atoms. The van der Waals surface area contributed by atoms with E-state index in [9.17, 15) is 24.6 Å². The number of carboxylic acid groups (broad SMARTS) is 2. The Kier molecular flexibility index (Phi) is 6.00. The lowest BCUT2D eigenvalue weighted by Gasteiger charge is -2.16. The Labute approximate surface area is 179 Å². The van der Waals surface area contributed by atoms with E-state index in [-0.39, 0.29) is 23.5 Å². The summed E-state index contributed by atoms with van der Waals surface area (Å²) >= 11 is 12.3. The number of rotatable bonds is 6. The lowest BCUT2D eigenvalue weighted by atomic mass is 9.94. The van der Waals surface area contributed by atoms with E-state index < -0.39 is 34.4 Å². The lowest BCUT2D eigenvalue weighted by Crippen LogP contribution is -2.24. The molecule has 0 aliphatic rings. The Morgan fingerprint density at radius 1 is 0.967 bits per heavy atom. The summed E-state index contributed by atoms with van der Waals surface area (Å²) in [5, 5.41) is 19.9. The lowest BCUT2D eigenvalue weighted by molar-refractivity contribution is 0.0695. The van der Waals surface area contributed by atoms with Gasteiger partial charge in [-0.05, 0) is 18.2 Å². The summed E-state index contributed by atoms with van der Waals surface area (Å²) in [5.41, 5.74) is 3.50. The molecule has 0 radical (unpaired) electrons. The first kappa shape index (κ1) is 21.2. The van der Waals surface area contributed by atoms with E-state index in [1.807, 2.05) is 0 Å². The fourth-order valence-corrected chi connectivity index (χ4v) is 3.44. The number of carboxylic acids is 2. The number of ether oxygens (including phenoxy) is 1. The van der Waals surface area contributed by atoms with Crippen LogP contribution in [-0.4, -0.2) is 27.1 Å². The number of benzene rings is 2. The van der Waals surface area contributed by atoms with E-state index in [4.69, 9.17) is 33.7 Å². The van der Waals surface area contributed by atoms with Crippen LogP contribution >= 0.6 is 23.2 Å². The zero-order valence-electron chi connectivity index (χ0n) is 15.1. The van der Waals surface area contributed by atoms with E-state index in [1.54, 1.807) is 30.3 Å². The number of aromatic carboxylic acids is 2. The Hall–Kier alpha value is -3.49. The van der Waals surface area contributed by atoms with Crippen molar-refractivity contribution in [3.05, 3.63) is 79.6 Å². The molecule has 5 N–H and O–H groups in total. The number of hydrogen-bond acceptors (Lipinski definition) is 5. The number of hydrogen-bond donors (Lipinski definition) is 4. The number of pyridine rings is 1. The third-order valence-electron chi connectivity index (χ3n) is 4.26. The van der Waals surface area contributed by atoms with Crippen LogP contribution in [0, 0.1) is 0 Å². The second kappa shape index (κ2) is 8.48. The first-order valence-corrected chi connectivity index (χ1v) is 9.15. The molecule has 1 aromatic heterocycles. The summed E-state index contributed by atoms with van der Waals surface area (Å²) in [6, 6.07) is 11.0. The number of para-hydroxylation sites is 1. The molecule has 0 unspecified atom stereocenters. The molecule has 0 aliphatic carbocycles. The molecular weight excluding hydrogens is 435 g/mol. The van der Waals surface area contributed by atoms with Crippen LogP contribution in [0.5, 0.6) is 5.75 Å². The predicted molar refractivity (Wildman–Crippen MR) is 112 cm³/mol. The zero-order chi connectivity index (χ0) is 22.0.